The van der Waals surface area contributed by atoms with Crippen LogP contribution in [0.2, 0.25) is 0 Å². The highest BCUT2D eigenvalue weighted by molar-refractivity contribution is 5.93. The van der Waals surface area contributed by atoms with E-state index < -0.39 is 35.4 Å². The van der Waals surface area contributed by atoms with Crippen molar-refractivity contribution in [3.05, 3.63) is 0 Å². The molecule has 4 amide bonds. The second-order valence-corrected chi connectivity index (χ2v) is 10.8. The fourth-order valence-electron chi connectivity index (χ4n) is 4.37. The van der Waals surface area contributed by atoms with Gasteiger partial charge in [0.15, 0.2) is 0 Å². The number of fused-ring (bicyclic) bond motifs is 1. The number of amides is 4. The van der Waals surface area contributed by atoms with Crippen LogP contribution in [0.25, 0.3) is 0 Å². The summed E-state index contributed by atoms with van der Waals surface area (Å²) in [6.45, 7) is 9.79. The Hall–Kier alpha value is -2.63. The molecular weight excluding hydrogens is 422 g/mol. The van der Waals surface area contributed by atoms with Crippen LogP contribution in [0.4, 0.5) is 0 Å². The van der Waals surface area contributed by atoms with Crippen LogP contribution in [-0.2, 0) is 19.2 Å². The van der Waals surface area contributed by atoms with Crippen LogP contribution in [0.5, 0.6) is 0 Å². The standard InChI is InChI=1S/C24H39N5O4/c1-14(2)10-19-22(32)27-16(12-25)11-17-15(13-26-20(17)30)8-6-7-9-18(21(31)28-19)29-23(33)24(3,4)5/h14-19H,6-11,13H2,1-5H3,(H,26,30)(H,27,32)(H,28,31)(H,29,33)/t15-,16-,17+,18-,19-/m0/s1. The van der Waals surface area contributed by atoms with Crippen molar-refractivity contribution in [2.75, 3.05) is 6.54 Å². The van der Waals surface area contributed by atoms with Gasteiger partial charge in [-0.3, -0.25) is 19.2 Å². The topological polar surface area (TPSA) is 140 Å². The van der Waals surface area contributed by atoms with Crippen LogP contribution in [0.1, 0.15) is 73.1 Å². The highest BCUT2D eigenvalue weighted by Gasteiger charge is 2.37. The summed E-state index contributed by atoms with van der Waals surface area (Å²) in [5, 5.41) is 20.9. The molecule has 0 aromatic carbocycles. The summed E-state index contributed by atoms with van der Waals surface area (Å²) in [6.07, 6.45) is 3.36. The second kappa shape index (κ2) is 11.5. The van der Waals surface area contributed by atoms with Crippen LogP contribution in [0, 0.1) is 34.5 Å². The molecule has 5 atom stereocenters. The zero-order chi connectivity index (χ0) is 24.8. The van der Waals surface area contributed by atoms with E-state index in [1.807, 2.05) is 13.8 Å². The van der Waals surface area contributed by atoms with Gasteiger partial charge in [0.1, 0.15) is 18.1 Å². The van der Waals surface area contributed by atoms with E-state index in [0.717, 1.165) is 12.8 Å². The molecule has 0 aromatic heterocycles. The SMILES string of the molecule is CC(C)C[C@@H]1NC(=O)[C@@H](NC(=O)C(C)(C)C)CCCC[C@H]2CNC(=O)[C@@H]2C[C@@H](C#N)NC1=O. The van der Waals surface area contributed by atoms with Gasteiger partial charge >= 0.3 is 0 Å². The maximum atomic E-state index is 13.1. The molecule has 0 aliphatic carbocycles. The molecule has 9 nitrogen and oxygen atoms in total. The number of nitrogens with zero attached hydrogens (tertiary/aromatic N) is 1. The lowest BCUT2D eigenvalue weighted by atomic mass is 9.85. The first-order chi connectivity index (χ1) is 15.4. The van der Waals surface area contributed by atoms with E-state index in [-0.39, 0.29) is 36.0 Å². The first kappa shape index (κ1) is 26.6. The number of nitrogens with one attached hydrogen (secondary N) is 4. The Kier molecular flexibility index (Phi) is 9.26. The predicted octanol–water partition coefficient (Wildman–Crippen LogP) is 1.38. The molecule has 2 aliphatic rings. The third-order valence-corrected chi connectivity index (χ3v) is 6.37. The van der Waals surface area contributed by atoms with E-state index in [1.165, 1.54) is 0 Å². The molecule has 2 fully saturated rings. The molecular formula is C24H39N5O4. The van der Waals surface area contributed by atoms with Gasteiger partial charge in [0.25, 0.3) is 0 Å². The van der Waals surface area contributed by atoms with Crippen LogP contribution in [-0.4, -0.2) is 48.3 Å². The molecule has 0 spiro atoms. The number of carbonyl (C=O) groups is 4. The summed E-state index contributed by atoms with van der Waals surface area (Å²) in [4.78, 5) is 51.1. The third-order valence-electron chi connectivity index (χ3n) is 6.37. The van der Waals surface area contributed by atoms with Crippen molar-refractivity contribution >= 4 is 23.6 Å². The first-order valence-corrected chi connectivity index (χ1v) is 12.0. The lowest BCUT2D eigenvalue weighted by molar-refractivity contribution is -0.135. The molecule has 2 heterocycles. The summed E-state index contributed by atoms with van der Waals surface area (Å²) >= 11 is 0. The number of nitriles is 1. The predicted molar refractivity (Wildman–Crippen MR) is 123 cm³/mol. The average Bonchev–Trinajstić information content (AvgIpc) is 3.06. The Morgan fingerprint density at radius 1 is 1.09 bits per heavy atom. The fourth-order valence-corrected chi connectivity index (χ4v) is 4.37. The molecule has 0 aromatic rings. The summed E-state index contributed by atoms with van der Waals surface area (Å²) in [7, 11) is 0. The van der Waals surface area contributed by atoms with Gasteiger partial charge < -0.3 is 21.3 Å². The van der Waals surface area contributed by atoms with Crippen molar-refractivity contribution in [3.8, 4) is 6.07 Å². The Morgan fingerprint density at radius 2 is 1.76 bits per heavy atom. The quantitative estimate of drug-likeness (QED) is 0.503. The molecule has 184 valence electrons. The Morgan fingerprint density at radius 3 is 2.36 bits per heavy atom. The zero-order valence-electron chi connectivity index (χ0n) is 20.5. The van der Waals surface area contributed by atoms with Gasteiger partial charge in [-0.15, -0.1) is 0 Å². The number of hydrogen-bond donors (Lipinski definition) is 4. The zero-order valence-corrected chi connectivity index (χ0v) is 20.5. The van der Waals surface area contributed by atoms with Crippen molar-refractivity contribution in [3.63, 3.8) is 0 Å². The van der Waals surface area contributed by atoms with E-state index in [4.69, 9.17) is 0 Å². The monoisotopic (exact) mass is 461 g/mol. The number of carbonyl (C=O) groups excluding carboxylic acids is 4. The van der Waals surface area contributed by atoms with Crippen molar-refractivity contribution in [1.29, 1.82) is 5.26 Å². The van der Waals surface area contributed by atoms with Gasteiger partial charge in [-0.25, -0.2) is 0 Å². The van der Waals surface area contributed by atoms with Crippen molar-refractivity contribution in [2.45, 2.75) is 91.3 Å². The molecule has 4 N–H and O–H groups in total. The highest BCUT2D eigenvalue weighted by Crippen LogP contribution is 2.28. The van der Waals surface area contributed by atoms with E-state index in [9.17, 15) is 24.4 Å². The first-order valence-electron chi connectivity index (χ1n) is 12.0. The molecule has 9 heteroatoms. The lowest BCUT2D eigenvalue weighted by Gasteiger charge is -2.28. The lowest BCUT2D eigenvalue weighted by Crippen LogP contribution is -2.56. The van der Waals surface area contributed by atoms with Crippen LogP contribution in [0.3, 0.4) is 0 Å². The van der Waals surface area contributed by atoms with Crippen LogP contribution >= 0.6 is 0 Å². The van der Waals surface area contributed by atoms with Gasteiger partial charge in [-0.05, 0) is 37.5 Å². The Balaban J connectivity index is 2.29. The molecule has 2 aliphatic heterocycles. The largest absolute Gasteiger partial charge is 0.356 e. The minimum absolute atomic E-state index is 0.0797. The van der Waals surface area contributed by atoms with Gasteiger partial charge in [0.05, 0.1) is 6.07 Å². The minimum atomic E-state index is -0.835. The van der Waals surface area contributed by atoms with Gasteiger partial charge in [-0.1, -0.05) is 47.5 Å². The van der Waals surface area contributed by atoms with Gasteiger partial charge in [0.2, 0.25) is 23.6 Å². The van der Waals surface area contributed by atoms with Crippen LogP contribution < -0.4 is 21.3 Å². The number of hydrogen-bond acceptors (Lipinski definition) is 5. The number of rotatable bonds is 3. The van der Waals surface area contributed by atoms with Crippen molar-refractivity contribution < 1.29 is 19.2 Å². The van der Waals surface area contributed by atoms with Crippen molar-refractivity contribution in [1.82, 2.24) is 21.3 Å². The van der Waals surface area contributed by atoms with Crippen molar-refractivity contribution in [2.24, 2.45) is 23.2 Å². The molecule has 0 bridgehead atoms. The fraction of sp³-hybridized carbons (Fsp3) is 0.792. The van der Waals surface area contributed by atoms with E-state index in [2.05, 4.69) is 27.3 Å². The van der Waals surface area contributed by atoms with E-state index >= 15 is 0 Å². The maximum Gasteiger partial charge on any atom is 0.243 e. The highest BCUT2D eigenvalue weighted by atomic mass is 16.2. The average molecular weight is 462 g/mol. The van der Waals surface area contributed by atoms with E-state index in [0.29, 0.717) is 25.8 Å². The normalized spacial score (nSPS) is 29.7. The summed E-state index contributed by atoms with van der Waals surface area (Å²) in [5.41, 5.74) is -0.656. The summed E-state index contributed by atoms with van der Waals surface area (Å²) in [5.74, 6) is -1.28. The smallest absolute Gasteiger partial charge is 0.243 e. The molecule has 0 radical (unpaired) electrons. The molecule has 0 saturated carbocycles. The Bertz CT molecular complexity index is 783. The van der Waals surface area contributed by atoms with Gasteiger partial charge in [-0.2, -0.15) is 5.26 Å². The van der Waals surface area contributed by atoms with E-state index in [1.54, 1.807) is 20.8 Å². The summed E-state index contributed by atoms with van der Waals surface area (Å²) in [6, 6.07) is -0.308. The second-order valence-electron chi connectivity index (χ2n) is 10.8. The molecule has 33 heavy (non-hydrogen) atoms. The molecule has 2 saturated heterocycles. The molecule has 0 unspecified atom stereocenters. The molecule has 2 rings (SSSR count). The summed E-state index contributed by atoms with van der Waals surface area (Å²) < 4.78 is 0. The third kappa shape index (κ3) is 7.72. The maximum absolute atomic E-state index is 13.1. The van der Waals surface area contributed by atoms with Crippen LogP contribution in [0.15, 0.2) is 0 Å². The van der Waals surface area contributed by atoms with Gasteiger partial charge in [0, 0.05) is 17.9 Å². The Labute approximate surface area is 196 Å². The minimum Gasteiger partial charge on any atom is -0.356 e.